The highest BCUT2D eigenvalue weighted by atomic mass is 16.5. The number of rotatable bonds is 10. The number of nitrogens with zero attached hydrogens (tertiary/aromatic N) is 1. The first-order valence-electron chi connectivity index (χ1n) is 11.5. The van der Waals surface area contributed by atoms with Crippen LogP contribution in [0.15, 0.2) is 42.5 Å². The molecule has 0 aliphatic carbocycles. The van der Waals surface area contributed by atoms with E-state index in [4.69, 9.17) is 10.5 Å². The van der Waals surface area contributed by atoms with E-state index >= 15 is 0 Å². The van der Waals surface area contributed by atoms with Gasteiger partial charge in [0.25, 0.3) is 5.91 Å². The number of anilines is 1. The molecule has 0 spiro atoms. The summed E-state index contributed by atoms with van der Waals surface area (Å²) in [6.07, 6.45) is 3.68. The Morgan fingerprint density at radius 3 is 2.64 bits per heavy atom. The van der Waals surface area contributed by atoms with E-state index < -0.39 is 11.9 Å². The molecule has 8 heteroatoms. The molecule has 3 amide bonds. The van der Waals surface area contributed by atoms with Gasteiger partial charge in [0.1, 0.15) is 11.8 Å². The fourth-order valence-electron chi connectivity index (χ4n) is 4.32. The maximum Gasteiger partial charge on any atom is 0.255 e. The molecular weight excluding hydrogens is 420 g/mol. The number of nitrogens with two attached hydrogens (primary N) is 1. The van der Waals surface area contributed by atoms with Gasteiger partial charge in [-0.2, -0.15) is 0 Å². The van der Waals surface area contributed by atoms with Crippen molar-refractivity contribution in [1.82, 2.24) is 10.2 Å². The lowest BCUT2D eigenvalue weighted by molar-refractivity contribution is -0.136. The normalized spacial score (nSPS) is 17.7. The van der Waals surface area contributed by atoms with Crippen molar-refractivity contribution in [2.24, 2.45) is 5.73 Å². The molecular formula is C25H30N4O4. The molecule has 0 bridgehead atoms. The zero-order valence-electron chi connectivity index (χ0n) is 18.6. The van der Waals surface area contributed by atoms with Crippen molar-refractivity contribution in [3.05, 3.63) is 59.2 Å². The van der Waals surface area contributed by atoms with Crippen LogP contribution >= 0.6 is 0 Å². The summed E-state index contributed by atoms with van der Waals surface area (Å²) in [5.74, 6) is -0.0127. The van der Waals surface area contributed by atoms with Crippen molar-refractivity contribution >= 4 is 23.4 Å². The minimum atomic E-state index is -0.605. The Morgan fingerprint density at radius 1 is 1.06 bits per heavy atom. The van der Waals surface area contributed by atoms with Gasteiger partial charge < -0.3 is 20.7 Å². The number of ether oxygens (including phenoxy) is 1. The SMILES string of the molecule is NCCCCCOc1ccc(NCc2cccc3c2C(=O)N(C2CCC(=O)NC2=O)C3)cc1. The molecule has 0 saturated carbocycles. The van der Waals surface area contributed by atoms with Crippen LogP contribution in [-0.4, -0.2) is 41.8 Å². The first-order chi connectivity index (χ1) is 16.1. The van der Waals surface area contributed by atoms with Crippen molar-refractivity contribution in [3.63, 3.8) is 0 Å². The van der Waals surface area contributed by atoms with Crippen LogP contribution < -0.4 is 21.1 Å². The second kappa shape index (κ2) is 10.5. The number of piperidine rings is 1. The maximum absolute atomic E-state index is 13.2. The van der Waals surface area contributed by atoms with Crippen LogP contribution in [0, 0.1) is 0 Å². The number of imide groups is 1. The average Bonchev–Trinajstić information content (AvgIpc) is 3.15. The van der Waals surface area contributed by atoms with Gasteiger partial charge in [0, 0.05) is 30.8 Å². The predicted octanol–water partition coefficient (Wildman–Crippen LogP) is 2.57. The van der Waals surface area contributed by atoms with Gasteiger partial charge in [-0.15, -0.1) is 0 Å². The summed E-state index contributed by atoms with van der Waals surface area (Å²) in [6, 6.07) is 12.9. The van der Waals surface area contributed by atoms with Gasteiger partial charge in [-0.05, 0) is 67.6 Å². The molecule has 2 aliphatic rings. The summed E-state index contributed by atoms with van der Waals surface area (Å²) in [7, 11) is 0. The van der Waals surface area contributed by atoms with E-state index in [1.165, 1.54) is 0 Å². The Hall–Kier alpha value is -3.39. The van der Waals surface area contributed by atoms with Crippen molar-refractivity contribution < 1.29 is 19.1 Å². The molecule has 2 aliphatic heterocycles. The van der Waals surface area contributed by atoms with Gasteiger partial charge in [0.15, 0.2) is 0 Å². The number of hydrogen-bond donors (Lipinski definition) is 3. The van der Waals surface area contributed by atoms with E-state index in [1.807, 2.05) is 42.5 Å². The molecule has 174 valence electrons. The van der Waals surface area contributed by atoms with Crippen LogP contribution in [0.1, 0.15) is 53.6 Å². The molecule has 1 atom stereocenters. The van der Waals surface area contributed by atoms with Gasteiger partial charge in [-0.3, -0.25) is 19.7 Å². The van der Waals surface area contributed by atoms with Gasteiger partial charge in [-0.1, -0.05) is 18.2 Å². The summed E-state index contributed by atoms with van der Waals surface area (Å²) in [5.41, 5.74) is 8.86. The van der Waals surface area contributed by atoms with Gasteiger partial charge in [0.05, 0.1) is 6.61 Å². The van der Waals surface area contributed by atoms with Gasteiger partial charge in [0.2, 0.25) is 11.8 Å². The van der Waals surface area contributed by atoms with Crippen molar-refractivity contribution in [2.45, 2.75) is 51.2 Å². The second-order valence-electron chi connectivity index (χ2n) is 8.43. The number of hydrogen-bond acceptors (Lipinski definition) is 6. The Kier molecular flexibility index (Phi) is 7.24. The molecule has 0 radical (unpaired) electrons. The summed E-state index contributed by atoms with van der Waals surface area (Å²) >= 11 is 0. The number of benzene rings is 2. The lowest BCUT2D eigenvalue weighted by Gasteiger charge is -2.29. The first-order valence-corrected chi connectivity index (χ1v) is 11.5. The van der Waals surface area contributed by atoms with E-state index in [9.17, 15) is 14.4 Å². The number of nitrogens with one attached hydrogen (secondary N) is 2. The predicted molar refractivity (Wildman–Crippen MR) is 125 cm³/mol. The van der Waals surface area contributed by atoms with Crippen molar-refractivity contribution in [2.75, 3.05) is 18.5 Å². The van der Waals surface area contributed by atoms with Crippen LogP contribution in [0.4, 0.5) is 5.69 Å². The second-order valence-corrected chi connectivity index (χ2v) is 8.43. The van der Waals surface area contributed by atoms with Crippen LogP contribution in [0.2, 0.25) is 0 Å². The molecule has 4 rings (SSSR count). The Balaban J connectivity index is 1.36. The third kappa shape index (κ3) is 5.34. The van der Waals surface area contributed by atoms with Gasteiger partial charge >= 0.3 is 0 Å². The zero-order chi connectivity index (χ0) is 23.2. The largest absolute Gasteiger partial charge is 0.494 e. The summed E-state index contributed by atoms with van der Waals surface area (Å²) < 4.78 is 5.76. The third-order valence-electron chi connectivity index (χ3n) is 6.09. The van der Waals surface area contributed by atoms with Crippen molar-refractivity contribution in [3.8, 4) is 5.75 Å². The molecule has 1 saturated heterocycles. The molecule has 1 fully saturated rings. The van der Waals surface area contributed by atoms with Crippen LogP contribution in [-0.2, 0) is 22.7 Å². The van der Waals surface area contributed by atoms with E-state index in [0.29, 0.717) is 38.2 Å². The highest BCUT2D eigenvalue weighted by Crippen LogP contribution is 2.30. The number of carbonyl (C=O) groups is 3. The summed E-state index contributed by atoms with van der Waals surface area (Å²) in [5, 5.41) is 5.71. The van der Waals surface area contributed by atoms with Crippen LogP contribution in [0.5, 0.6) is 5.75 Å². The molecule has 2 aromatic carbocycles. The average molecular weight is 451 g/mol. The minimum Gasteiger partial charge on any atom is -0.494 e. The topological polar surface area (TPSA) is 114 Å². The molecule has 0 aromatic heterocycles. The molecule has 2 aromatic rings. The summed E-state index contributed by atoms with van der Waals surface area (Å²) in [6.45, 7) is 2.25. The summed E-state index contributed by atoms with van der Waals surface area (Å²) in [4.78, 5) is 38.5. The fourth-order valence-corrected chi connectivity index (χ4v) is 4.32. The quantitative estimate of drug-likeness (QED) is 0.379. The number of fused-ring (bicyclic) bond motifs is 1. The smallest absolute Gasteiger partial charge is 0.255 e. The van der Waals surface area contributed by atoms with E-state index in [2.05, 4.69) is 10.6 Å². The number of amides is 3. The highest BCUT2D eigenvalue weighted by molar-refractivity contribution is 6.06. The molecule has 4 N–H and O–H groups in total. The van der Waals surface area contributed by atoms with Gasteiger partial charge in [-0.25, -0.2) is 0 Å². The Morgan fingerprint density at radius 2 is 1.88 bits per heavy atom. The van der Waals surface area contributed by atoms with E-state index in [1.54, 1.807) is 4.90 Å². The number of unbranched alkanes of at least 4 members (excludes halogenated alkanes) is 2. The monoisotopic (exact) mass is 450 g/mol. The standard InChI is InChI=1S/C25H30N4O4/c26-13-2-1-3-14-33-20-9-7-19(8-10-20)27-15-17-5-4-6-18-16-29(25(32)23(17)18)21-11-12-22(30)28-24(21)31/h4-10,21,27H,1-3,11-16,26H2,(H,28,30,31). The van der Waals surface area contributed by atoms with Crippen molar-refractivity contribution in [1.29, 1.82) is 0 Å². The van der Waals surface area contributed by atoms with Crippen LogP contribution in [0.3, 0.4) is 0 Å². The van der Waals surface area contributed by atoms with E-state index in [-0.39, 0.29) is 18.2 Å². The Labute approximate surface area is 193 Å². The fraction of sp³-hybridized carbons (Fsp3) is 0.400. The molecule has 2 heterocycles. The van der Waals surface area contributed by atoms with Crippen LogP contribution in [0.25, 0.3) is 0 Å². The zero-order valence-corrected chi connectivity index (χ0v) is 18.6. The highest BCUT2D eigenvalue weighted by Gasteiger charge is 2.39. The Bertz CT molecular complexity index is 1020. The molecule has 8 nitrogen and oxygen atoms in total. The van der Waals surface area contributed by atoms with E-state index in [0.717, 1.165) is 41.8 Å². The maximum atomic E-state index is 13.2. The molecule has 33 heavy (non-hydrogen) atoms. The minimum absolute atomic E-state index is 0.157. The lowest BCUT2D eigenvalue weighted by Crippen LogP contribution is -2.52. The lowest BCUT2D eigenvalue weighted by atomic mass is 10.0. The first kappa shape index (κ1) is 22.8. The number of carbonyl (C=O) groups excluding carboxylic acids is 3. The molecule has 1 unspecified atom stereocenters. The third-order valence-corrected chi connectivity index (χ3v) is 6.09.